The predicted octanol–water partition coefficient (Wildman–Crippen LogP) is 3.69. The molecule has 0 spiro atoms. The minimum Gasteiger partial charge on any atom is -0.444 e. The Bertz CT molecular complexity index is 1360. The zero-order valence-electron chi connectivity index (χ0n) is 23.2. The summed E-state index contributed by atoms with van der Waals surface area (Å²) in [6.45, 7) is 11.3. The molecule has 1 amide bonds. The summed E-state index contributed by atoms with van der Waals surface area (Å²) in [5.74, 6) is 1.62. The number of amides is 1. The Hall–Kier alpha value is -3.31. The Balaban J connectivity index is 1.43. The van der Waals surface area contributed by atoms with E-state index in [2.05, 4.69) is 20.0 Å². The van der Waals surface area contributed by atoms with Crippen LogP contribution in [0, 0.1) is 13.8 Å². The molecule has 210 valence electrons. The van der Waals surface area contributed by atoms with E-state index in [1.807, 2.05) is 32.0 Å². The lowest BCUT2D eigenvalue weighted by Crippen LogP contribution is -2.46. The van der Waals surface area contributed by atoms with Gasteiger partial charge in [0.05, 0.1) is 37.6 Å². The van der Waals surface area contributed by atoms with Crippen molar-refractivity contribution >= 4 is 22.8 Å². The highest BCUT2D eigenvalue weighted by Crippen LogP contribution is 2.35. The lowest BCUT2D eigenvalue weighted by atomic mass is 9.85. The summed E-state index contributed by atoms with van der Waals surface area (Å²) in [4.78, 5) is 25.3. The fraction of sp³-hybridized carbons (Fsp3) is 0.571. The van der Waals surface area contributed by atoms with E-state index in [1.165, 1.54) is 4.90 Å². The van der Waals surface area contributed by atoms with E-state index in [-0.39, 0.29) is 25.2 Å². The van der Waals surface area contributed by atoms with Crippen molar-refractivity contribution in [2.45, 2.75) is 64.8 Å². The van der Waals surface area contributed by atoms with E-state index >= 15 is 4.39 Å². The van der Waals surface area contributed by atoms with Crippen LogP contribution in [0.3, 0.4) is 0 Å². The molecule has 0 unspecified atom stereocenters. The Morgan fingerprint density at radius 2 is 1.92 bits per heavy atom. The molecule has 0 radical (unpaired) electrons. The Kier molecular flexibility index (Phi) is 7.47. The summed E-state index contributed by atoms with van der Waals surface area (Å²) in [6.07, 6.45) is 0.337. The van der Waals surface area contributed by atoms with Gasteiger partial charge in [-0.15, -0.1) is 0 Å². The largest absolute Gasteiger partial charge is 0.444 e. The van der Waals surface area contributed by atoms with Crippen molar-refractivity contribution in [1.82, 2.24) is 24.6 Å². The van der Waals surface area contributed by atoms with Gasteiger partial charge in [-0.2, -0.15) is 5.10 Å². The second-order valence-electron chi connectivity index (χ2n) is 11.4. The van der Waals surface area contributed by atoms with Crippen LogP contribution in [0.2, 0.25) is 0 Å². The highest BCUT2D eigenvalue weighted by atomic mass is 19.1. The number of aliphatic hydroxyl groups excluding tert-OH is 1. The molecule has 39 heavy (non-hydrogen) atoms. The quantitative estimate of drug-likeness (QED) is 0.534. The van der Waals surface area contributed by atoms with Crippen LogP contribution in [-0.4, -0.2) is 93.1 Å². The van der Waals surface area contributed by atoms with Crippen LogP contribution in [0.5, 0.6) is 0 Å². The second kappa shape index (κ2) is 10.7. The van der Waals surface area contributed by atoms with Crippen LogP contribution >= 0.6 is 0 Å². The van der Waals surface area contributed by atoms with Crippen molar-refractivity contribution in [2.75, 3.05) is 44.3 Å². The molecular formula is C28H37FN6O4. The topological polar surface area (TPSA) is 106 Å². The number of aliphatic hydroxyl groups is 1. The highest BCUT2D eigenvalue weighted by molar-refractivity contribution is 5.82. The number of aryl methyl sites for hydroxylation is 2. The number of hydrogen-bond donors (Lipinski definition) is 1. The molecule has 2 saturated heterocycles. The van der Waals surface area contributed by atoms with Gasteiger partial charge in [-0.3, -0.25) is 0 Å². The molecule has 2 aliphatic heterocycles. The fourth-order valence-electron chi connectivity index (χ4n) is 5.38. The number of rotatable bonds is 4. The summed E-state index contributed by atoms with van der Waals surface area (Å²) in [6, 6.07) is 5.92. The number of alkyl halides is 1. The lowest BCUT2D eigenvalue weighted by Gasteiger charge is -2.36. The number of anilines is 1. The number of fused-ring (bicyclic) bond motifs is 1. The lowest BCUT2D eigenvalue weighted by molar-refractivity contribution is 0.00335. The molecule has 2 fully saturated rings. The zero-order chi connectivity index (χ0) is 27.9. The molecular weight excluding hydrogens is 503 g/mol. The van der Waals surface area contributed by atoms with Gasteiger partial charge in [-0.05, 0) is 64.3 Å². The number of piperidine rings is 1. The monoisotopic (exact) mass is 540 g/mol. The molecule has 3 atom stereocenters. The van der Waals surface area contributed by atoms with E-state index in [0.29, 0.717) is 44.3 Å². The molecule has 4 heterocycles. The molecule has 1 aromatic carbocycles. The van der Waals surface area contributed by atoms with E-state index in [9.17, 15) is 9.90 Å². The van der Waals surface area contributed by atoms with Crippen LogP contribution in [0.4, 0.5) is 15.0 Å². The molecule has 0 aliphatic carbocycles. The van der Waals surface area contributed by atoms with Gasteiger partial charge in [0.1, 0.15) is 23.4 Å². The van der Waals surface area contributed by atoms with Crippen LogP contribution in [0.25, 0.3) is 16.7 Å². The highest BCUT2D eigenvalue weighted by Gasteiger charge is 2.35. The van der Waals surface area contributed by atoms with Crippen molar-refractivity contribution in [3.05, 3.63) is 41.3 Å². The predicted molar refractivity (Wildman–Crippen MR) is 145 cm³/mol. The smallest absolute Gasteiger partial charge is 0.410 e. The first kappa shape index (κ1) is 27.3. The Morgan fingerprint density at radius 3 is 2.64 bits per heavy atom. The summed E-state index contributed by atoms with van der Waals surface area (Å²) in [5.41, 5.74) is 2.10. The maximum Gasteiger partial charge on any atom is 0.410 e. The molecule has 0 bridgehead atoms. The third-order valence-electron chi connectivity index (χ3n) is 7.24. The number of ether oxygens (including phenoxy) is 2. The number of morpholine rings is 1. The van der Waals surface area contributed by atoms with Gasteiger partial charge in [0.2, 0.25) is 0 Å². The molecule has 0 saturated carbocycles. The Labute approximate surface area is 227 Å². The summed E-state index contributed by atoms with van der Waals surface area (Å²) < 4.78 is 28.4. The van der Waals surface area contributed by atoms with Gasteiger partial charge >= 0.3 is 6.09 Å². The van der Waals surface area contributed by atoms with E-state index in [1.54, 1.807) is 31.6 Å². The Morgan fingerprint density at radius 1 is 1.15 bits per heavy atom. The first-order valence-electron chi connectivity index (χ1n) is 13.5. The SMILES string of the molecule is Cc1nc(N2CCO[C@@H](CO)C2)cc(-n2ncc3cc(C)c([C@@H]4CCN(C(=O)OC(C)(C)C)C[C@@H]4F)cc32)n1. The van der Waals surface area contributed by atoms with Gasteiger partial charge < -0.3 is 24.4 Å². The molecule has 5 rings (SSSR count). The first-order valence-corrected chi connectivity index (χ1v) is 13.5. The van der Waals surface area contributed by atoms with Gasteiger partial charge in [0, 0.05) is 37.0 Å². The zero-order valence-corrected chi connectivity index (χ0v) is 23.2. The van der Waals surface area contributed by atoms with Crippen LogP contribution in [-0.2, 0) is 9.47 Å². The number of likely N-dealkylation sites (tertiary alicyclic amines) is 1. The van der Waals surface area contributed by atoms with Crippen molar-refractivity contribution in [1.29, 1.82) is 0 Å². The van der Waals surface area contributed by atoms with Gasteiger partial charge in [0.25, 0.3) is 0 Å². The number of carbonyl (C=O) groups is 1. The summed E-state index contributed by atoms with van der Waals surface area (Å²) in [7, 11) is 0. The maximum absolute atomic E-state index is 15.6. The van der Waals surface area contributed by atoms with Crippen LogP contribution in [0.15, 0.2) is 24.4 Å². The molecule has 10 nitrogen and oxygen atoms in total. The second-order valence-corrected chi connectivity index (χ2v) is 11.4. The molecule has 1 N–H and O–H groups in total. The molecule has 11 heteroatoms. The van der Waals surface area contributed by atoms with Gasteiger partial charge in [-0.1, -0.05) is 0 Å². The average molecular weight is 541 g/mol. The number of aromatic nitrogens is 4. The minimum atomic E-state index is -1.22. The van der Waals surface area contributed by atoms with Crippen LogP contribution in [0.1, 0.15) is 50.1 Å². The van der Waals surface area contributed by atoms with Crippen molar-refractivity contribution in [3.8, 4) is 5.82 Å². The number of benzene rings is 1. The normalized spacial score (nSPS) is 22.4. The number of hydrogen-bond acceptors (Lipinski definition) is 8. The fourth-order valence-corrected chi connectivity index (χ4v) is 5.38. The van der Waals surface area contributed by atoms with Crippen molar-refractivity contribution < 1.29 is 23.8 Å². The van der Waals surface area contributed by atoms with E-state index in [0.717, 1.165) is 27.8 Å². The average Bonchev–Trinajstić information content (AvgIpc) is 3.29. The summed E-state index contributed by atoms with van der Waals surface area (Å²) in [5, 5.41) is 15.1. The molecule has 2 aliphatic rings. The van der Waals surface area contributed by atoms with E-state index in [4.69, 9.17) is 9.47 Å². The number of halogens is 1. The third kappa shape index (κ3) is 5.84. The first-order chi connectivity index (χ1) is 18.5. The molecule has 2 aromatic heterocycles. The van der Waals surface area contributed by atoms with Gasteiger partial charge in [0.15, 0.2) is 5.82 Å². The van der Waals surface area contributed by atoms with Gasteiger partial charge in [-0.25, -0.2) is 23.8 Å². The van der Waals surface area contributed by atoms with Crippen LogP contribution < -0.4 is 4.90 Å². The van der Waals surface area contributed by atoms with Crippen molar-refractivity contribution in [2.24, 2.45) is 0 Å². The maximum atomic E-state index is 15.6. The minimum absolute atomic E-state index is 0.000826. The van der Waals surface area contributed by atoms with E-state index < -0.39 is 17.9 Å². The third-order valence-corrected chi connectivity index (χ3v) is 7.24. The standard InChI is InChI=1S/C28H37FN6O4/c1-17-10-19-13-30-35(26-12-25(31-18(2)32-26)33-8-9-38-20(14-33)16-36)24(19)11-22(17)21-6-7-34(15-23(21)29)27(37)39-28(3,4)5/h10-13,20-21,23,36H,6-9,14-16H2,1-5H3/t20-,21+,23+/m1/s1. The molecule has 3 aromatic rings. The summed E-state index contributed by atoms with van der Waals surface area (Å²) >= 11 is 0. The number of carbonyl (C=O) groups excluding carboxylic acids is 1. The number of nitrogens with zero attached hydrogens (tertiary/aromatic N) is 6. The van der Waals surface area contributed by atoms with Crippen molar-refractivity contribution in [3.63, 3.8) is 0 Å².